The molecule has 5 rings (SSSR count). The lowest BCUT2D eigenvalue weighted by molar-refractivity contribution is 0.596. The normalized spacial score (nSPS) is 14.6. The number of anilines is 2. The van der Waals surface area contributed by atoms with Crippen LogP contribution in [-0.4, -0.2) is 36.1 Å². The number of halogens is 1. The van der Waals surface area contributed by atoms with Gasteiger partial charge in [-0.1, -0.05) is 50.2 Å². The van der Waals surface area contributed by atoms with E-state index in [1.54, 1.807) is 23.7 Å². The van der Waals surface area contributed by atoms with Crippen LogP contribution < -0.4 is 9.80 Å². The highest BCUT2D eigenvalue weighted by Crippen LogP contribution is 2.38. The number of aromatic nitrogens is 2. The van der Waals surface area contributed by atoms with E-state index < -0.39 is 0 Å². The topological polar surface area (TPSA) is 32.3 Å². The minimum atomic E-state index is -0.162. The van der Waals surface area contributed by atoms with E-state index in [1.165, 1.54) is 22.8 Å². The first-order chi connectivity index (χ1) is 15.1. The molecule has 4 nitrogen and oxygen atoms in total. The van der Waals surface area contributed by atoms with Gasteiger partial charge in [0.2, 0.25) is 0 Å². The minimum absolute atomic E-state index is 0.162. The molecule has 0 spiro atoms. The van der Waals surface area contributed by atoms with Crippen molar-refractivity contribution in [1.29, 1.82) is 0 Å². The fourth-order valence-electron chi connectivity index (χ4n) is 4.23. The van der Waals surface area contributed by atoms with Crippen LogP contribution >= 0.6 is 11.3 Å². The van der Waals surface area contributed by atoms with Gasteiger partial charge in [-0.05, 0) is 29.2 Å². The Labute approximate surface area is 186 Å². The average Bonchev–Trinajstić information content (AvgIpc) is 3.24. The summed E-state index contributed by atoms with van der Waals surface area (Å²) in [6.07, 6.45) is 1.66. The summed E-state index contributed by atoms with van der Waals surface area (Å²) in [6, 6.07) is 15.8. The fourth-order valence-corrected chi connectivity index (χ4v) is 5.14. The molecule has 2 aromatic heterocycles. The van der Waals surface area contributed by atoms with Gasteiger partial charge in [0.15, 0.2) is 0 Å². The molecule has 158 valence electrons. The van der Waals surface area contributed by atoms with Crippen molar-refractivity contribution in [3.8, 4) is 11.1 Å². The maximum Gasteiger partial charge on any atom is 0.146 e. The molecule has 6 heteroatoms. The smallest absolute Gasteiger partial charge is 0.146 e. The van der Waals surface area contributed by atoms with E-state index in [2.05, 4.69) is 63.3 Å². The third-order valence-corrected chi connectivity index (χ3v) is 6.90. The van der Waals surface area contributed by atoms with Gasteiger partial charge in [0.05, 0.1) is 11.1 Å². The zero-order chi connectivity index (χ0) is 21.4. The minimum Gasteiger partial charge on any atom is -0.366 e. The molecule has 0 atom stereocenters. The number of fused-ring (bicyclic) bond motifs is 1. The van der Waals surface area contributed by atoms with Crippen molar-refractivity contribution in [3.05, 3.63) is 71.6 Å². The molecule has 0 N–H and O–H groups in total. The van der Waals surface area contributed by atoms with Crippen molar-refractivity contribution >= 4 is 33.1 Å². The van der Waals surface area contributed by atoms with Crippen LogP contribution in [0.15, 0.2) is 60.2 Å². The molecule has 1 saturated heterocycles. The Kier molecular flexibility index (Phi) is 5.32. The average molecular weight is 433 g/mol. The van der Waals surface area contributed by atoms with Crippen LogP contribution in [0, 0.1) is 5.82 Å². The molecule has 4 aromatic rings. The van der Waals surface area contributed by atoms with Crippen LogP contribution in [0.5, 0.6) is 0 Å². The molecule has 1 aliphatic rings. The largest absolute Gasteiger partial charge is 0.366 e. The highest BCUT2D eigenvalue weighted by Gasteiger charge is 2.23. The van der Waals surface area contributed by atoms with Gasteiger partial charge in [0.25, 0.3) is 0 Å². The van der Waals surface area contributed by atoms with Gasteiger partial charge < -0.3 is 9.80 Å². The summed E-state index contributed by atoms with van der Waals surface area (Å²) in [5.41, 5.74) is 4.39. The van der Waals surface area contributed by atoms with Crippen LogP contribution in [0.2, 0.25) is 0 Å². The number of benzene rings is 2. The van der Waals surface area contributed by atoms with Crippen molar-refractivity contribution in [3.63, 3.8) is 0 Å². The van der Waals surface area contributed by atoms with Crippen LogP contribution in [0.1, 0.15) is 25.3 Å². The Morgan fingerprint density at radius 2 is 1.61 bits per heavy atom. The summed E-state index contributed by atoms with van der Waals surface area (Å²) in [5, 5.41) is 3.30. The molecule has 0 amide bonds. The van der Waals surface area contributed by atoms with Crippen LogP contribution in [0.4, 0.5) is 15.9 Å². The van der Waals surface area contributed by atoms with Crippen molar-refractivity contribution in [2.24, 2.45) is 0 Å². The molecule has 0 bridgehead atoms. The first-order valence-corrected chi connectivity index (χ1v) is 11.6. The summed E-state index contributed by atoms with van der Waals surface area (Å²) in [6.45, 7) is 7.53. The summed E-state index contributed by atoms with van der Waals surface area (Å²) < 4.78 is 14.2. The molecular weight excluding hydrogens is 407 g/mol. The molecule has 3 heterocycles. The van der Waals surface area contributed by atoms with E-state index in [4.69, 9.17) is 0 Å². The Morgan fingerprint density at radius 3 is 2.32 bits per heavy atom. The zero-order valence-corrected chi connectivity index (χ0v) is 18.6. The number of hydrogen-bond acceptors (Lipinski definition) is 5. The molecule has 1 fully saturated rings. The molecule has 31 heavy (non-hydrogen) atoms. The Hall–Kier alpha value is -2.99. The van der Waals surface area contributed by atoms with Crippen molar-refractivity contribution in [1.82, 2.24) is 9.97 Å². The number of rotatable bonds is 4. The molecule has 0 radical (unpaired) electrons. The first kappa shape index (κ1) is 19.9. The van der Waals surface area contributed by atoms with Gasteiger partial charge in [-0.3, -0.25) is 0 Å². The van der Waals surface area contributed by atoms with E-state index in [0.29, 0.717) is 11.6 Å². The van der Waals surface area contributed by atoms with E-state index in [-0.39, 0.29) is 5.82 Å². The lowest BCUT2D eigenvalue weighted by Crippen LogP contribution is -2.47. The van der Waals surface area contributed by atoms with Crippen LogP contribution in [0.3, 0.4) is 0 Å². The van der Waals surface area contributed by atoms with Crippen molar-refractivity contribution < 1.29 is 4.39 Å². The van der Waals surface area contributed by atoms with Crippen molar-refractivity contribution in [2.45, 2.75) is 19.8 Å². The maximum atomic E-state index is 14.2. The summed E-state index contributed by atoms with van der Waals surface area (Å²) in [7, 11) is 0. The summed E-state index contributed by atoms with van der Waals surface area (Å²) in [4.78, 5) is 14.6. The zero-order valence-electron chi connectivity index (χ0n) is 17.8. The van der Waals surface area contributed by atoms with Gasteiger partial charge in [-0.25, -0.2) is 14.4 Å². The molecule has 0 unspecified atom stereocenters. The van der Waals surface area contributed by atoms with Crippen LogP contribution in [-0.2, 0) is 0 Å². The lowest BCUT2D eigenvalue weighted by Gasteiger charge is -2.37. The van der Waals surface area contributed by atoms with Gasteiger partial charge in [0, 0.05) is 37.1 Å². The number of thiophene rings is 1. The Bertz CT molecular complexity index is 1190. The number of piperazine rings is 1. The van der Waals surface area contributed by atoms with E-state index >= 15 is 0 Å². The number of hydrogen-bond donors (Lipinski definition) is 0. The predicted molar refractivity (Wildman–Crippen MR) is 128 cm³/mol. The monoisotopic (exact) mass is 432 g/mol. The third kappa shape index (κ3) is 3.76. The SMILES string of the molecule is CC(C)c1ccc(-c2csc3ncnc(N4CCN(c5ccccc5F)CC4)c23)cc1. The Morgan fingerprint density at radius 1 is 0.903 bits per heavy atom. The second-order valence-corrected chi connectivity index (χ2v) is 9.09. The highest BCUT2D eigenvalue weighted by atomic mass is 32.1. The molecular formula is C25H25FN4S. The van der Waals surface area contributed by atoms with Gasteiger partial charge >= 0.3 is 0 Å². The quantitative estimate of drug-likeness (QED) is 0.399. The third-order valence-electron chi connectivity index (χ3n) is 6.01. The number of para-hydroxylation sites is 1. The molecule has 0 saturated carbocycles. The van der Waals surface area contributed by atoms with E-state index in [1.807, 2.05) is 12.1 Å². The predicted octanol–water partition coefficient (Wildman–Crippen LogP) is 5.95. The molecule has 2 aromatic carbocycles. The number of nitrogens with zero attached hydrogens (tertiary/aromatic N) is 4. The van der Waals surface area contributed by atoms with Crippen molar-refractivity contribution in [2.75, 3.05) is 36.0 Å². The standard InChI is InChI=1S/C25H25FN4S/c1-17(2)18-7-9-19(10-8-18)20-15-31-25-23(20)24(27-16-28-25)30-13-11-29(12-14-30)22-6-4-3-5-21(22)26/h3-10,15-17H,11-14H2,1-2H3. The van der Waals surface area contributed by atoms with Crippen LogP contribution in [0.25, 0.3) is 21.3 Å². The van der Waals surface area contributed by atoms with Gasteiger partial charge in [-0.15, -0.1) is 11.3 Å². The summed E-state index contributed by atoms with van der Waals surface area (Å²) in [5.74, 6) is 1.32. The fraction of sp³-hybridized carbons (Fsp3) is 0.280. The second kappa shape index (κ2) is 8.27. The lowest BCUT2D eigenvalue weighted by atomic mass is 9.99. The van der Waals surface area contributed by atoms with Gasteiger partial charge in [0.1, 0.15) is 22.8 Å². The molecule has 1 aliphatic heterocycles. The first-order valence-electron chi connectivity index (χ1n) is 10.7. The highest BCUT2D eigenvalue weighted by molar-refractivity contribution is 7.17. The summed E-state index contributed by atoms with van der Waals surface area (Å²) >= 11 is 1.66. The maximum absolute atomic E-state index is 14.2. The van der Waals surface area contributed by atoms with Gasteiger partial charge in [-0.2, -0.15) is 0 Å². The second-order valence-electron chi connectivity index (χ2n) is 8.23. The Balaban J connectivity index is 1.45. The molecule has 0 aliphatic carbocycles. The van der Waals surface area contributed by atoms with E-state index in [0.717, 1.165) is 42.2 Å². The van der Waals surface area contributed by atoms with E-state index in [9.17, 15) is 4.39 Å².